The summed E-state index contributed by atoms with van der Waals surface area (Å²) in [4.78, 5) is 10.1. The SMILES string of the molecule is CC1(NC(=O)O)CCC1.Cl. The Hall–Kier alpha value is -0.440. The summed E-state index contributed by atoms with van der Waals surface area (Å²) in [7, 11) is 0. The molecule has 1 aliphatic carbocycles. The fourth-order valence-electron chi connectivity index (χ4n) is 1.09. The quantitative estimate of drug-likeness (QED) is 0.621. The van der Waals surface area contributed by atoms with Crippen molar-refractivity contribution in [3.63, 3.8) is 0 Å². The predicted octanol–water partition coefficient (Wildman–Crippen LogP) is 1.62. The van der Waals surface area contributed by atoms with Crippen molar-refractivity contribution in [2.45, 2.75) is 31.7 Å². The van der Waals surface area contributed by atoms with Crippen LogP contribution in [0.3, 0.4) is 0 Å². The van der Waals surface area contributed by atoms with E-state index in [-0.39, 0.29) is 17.9 Å². The second-order valence-corrected chi connectivity index (χ2v) is 2.84. The summed E-state index contributed by atoms with van der Waals surface area (Å²) in [5.41, 5.74) is -0.105. The van der Waals surface area contributed by atoms with Gasteiger partial charge in [0.05, 0.1) is 0 Å². The summed E-state index contributed by atoms with van der Waals surface area (Å²) >= 11 is 0. The first-order valence-corrected chi connectivity index (χ1v) is 3.13. The first-order valence-electron chi connectivity index (χ1n) is 3.13. The van der Waals surface area contributed by atoms with Crippen LogP contribution in [0.1, 0.15) is 26.2 Å². The third-order valence-electron chi connectivity index (χ3n) is 1.87. The molecule has 10 heavy (non-hydrogen) atoms. The minimum absolute atomic E-state index is 0. The molecular weight excluding hydrogens is 154 g/mol. The molecule has 3 nitrogen and oxygen atoms in total. The van der Waals surface area contributed by atoms with Gasteiger partial charge in [-0.1, -0.05) is 0 Å². The first kappa shape index (κ1) is 9.56. The van der Waals surface area contributed by atoms with Gasteiger partial charge in [-0.05, 0) is 26.2 Å². The molecule has 0 aromatic rings. The topological polar surface area (TPSA) is 49.3 Å². The molecule has 2 N–H and O–H groups in total. The number of hydrogen-bond donors (Lipinski definition) is 2. The maximum atomic E-state index is 10.1. The van der Waals surface area contributed by atoms with E-state index in [1.54, 1.807) is 0 Å². The van der Waals surface area contributed by atoms with E-state index in [0.29, 0.717) is 0 Å². The molecule has 0 saturated heterocycles. The summed E-state index contributed by atoms with van der Waals surface area (Å²) in [6.45, 7) is 1.94. The van der Waals surface area contributed by atoms with Crippen molar-refractivity contribution in [1.82, 2.24) is 5.32 Å². The van der Waals surface area contributed by atoms with Crippen molar-refractivity contribution < 1.29 is 9.90 Å². The smallest absolute Gasteiger partial charge is 0.405 e. The van der Waals surface area contributed by atoms with Crippen molar-refractivity contribution in [3.05, 3.63) is 0 Å². The Morgan fingerprint density at radius 3 is 2.20 bits per heavy atom. The van der Waals surface area contributed by atoms with Crippen LogP contribution in [-0.2, 0) is 0 Å². The average Bonchev–Trinajstić information content (AvgIpc) is 1.60. The Labute approximate surface area is 66.2 Å². The van der Waals surface area contributed by atoms with Crippen molar-refractivity contribution >= 4 is 18.5 Å². The molecule has 1 rings (SSSR count). The molecule has 0 atom stereocenters. The van der Waals surface area contributed by atoms with E-state index in [9.17, 15) is 4.79 Å². The van der Waals surface area contributed by atoms with Gasteiger partial charge < -0.3 is 10.4 Å². The number of hydrogen-bond acceptors (Lipinski definition) is 1. The fourth-order valence-corrected chi connectivity index (χ4v) is 1.09. The van der Waals surface area contributed by atoms with Gasteiger partial charge in [0.25, 0.3) is 0 Å². The average molecular weight is 166 g/mol. The highest BCUT2D eigenvalue weighted by atomic mass is 35.5. The lowest BCUT2D eigenvalue weighted by Gasteiger charge is -2.37. The van der Waals surface area contributed by atoms with Crippen LogP contribution >= 0.6 is 12.4 Å². The Kier molecular flexibility index (Phi) is 2.96. The molecule has 0 bridgehead atoms. The Bertz CT molecular complexity index is 134. The van der Waals surface area contributed by atoms with E-state index < -0.39 is 6.09 Å². The first-order chi connectivity index (χ1) is 4.12. The Morgan fingerprint density at radius 1 is 1.60 bits per heavy atom. The molecular formula is C6H12ClNO2. The number of carboxylic acid groups (broad SMARTS) is 1. The highest BCUT2D eigenvalue weighted by molar-refractivity contribution is 5.85. The standard InChI is InChI=1S/C6H11NO2.ClH/c1-6(3-2-4-6)7-5(8)9;/h7H,2-4H2,1H3,(H,8,9);1H. The molecule has 1 aliphatic rings. The number of nitrogens with one attached hydrogen (secondary N) is 1. The number of amides is 1. The van der Waals surface area contributed by atoms with Crippen LogP contribution in [0.25, 0.3) is 0 Å². The highest BCUT2D eigenvalue weighted by Crippen LogP contribution is 2.30. The largest absolute Gasteiger partial charge is 0.465 e. The third-order valence-corrected chi connectivity index (χ3v) is 1.87. The lowest BCUT2D eigenvalue weighted by molar-refractivity contribution is 0.154. The lowest BCUT2D eigenvalue weighted by Crippen LogP contribution is -2.50. The monoisotopic (exact) mass is 165 g/mol. The summed E-state index contributed by atoms with van der Waals surface area (Å²) in [6.07, 6.45) is 2.22. The van der Waals surface area contributed by atoms with Gasteiger partial charge in [0.2, 0.25) is 0 Å². The zero-order valence-electron chi connectivity index (χ0n) is 5.89. The van der Waals surface area contributed by atoms with Crippen LogP contribution in [0.4, 0.5) is 4.79 Å². The molecule has 0 aromatic carbocycles. The fraction of sp³-hybridized carbons (Fsp3) is 0.833. The van der Waals surface area contributed by atoms with Crippen molar-refractivity contribution in [2.75, 3.05) is 0 Å². The highest BCUT2D eigenvalue weighted by Gasteiger charge is 2.32. The molecule has 4 heteroatoms. The van der Waals surface area contributed by atoms with Crippen LogP contribution in [-0.4, -0.2) is 16.7 Å². The zero-order chi connectivity index (χ0) is 6.91. The van der Waals surface area contributed by atoms with Gasteiger partial charge >= 0.3 is 6.09 Å². The van der Waals surface area contributed by atoms with E-state index in [1.807, 2.05) is 6.92 Å². The number of halogens is 1. The summed E-state index contributed by atoms with van der Waals surface area (Å²) in [5, 5.41) is 10.8. The Balaban J connectivity index is 0.000000810. The second-order valence-electron chi connectivity index (χ2n) is 2.84. The molecule has 60 valence electrons. The Morgan fingerprint density at radius 2 is 2.10 bits per heavy atom. The molecule has 1 fully saturated rings. The maximum absolute atomic E-state index is 10.1. The van der Waals surface area contributed by atoms with Crippen LogP contribution in [0.15, 0.2) is 0 Å². The molecule has 0 spiro atoms. The van der Waals surface area contributed by atoms with Gasteiger partial charge in [-0.25, -0.2) is 4.79 Å². The van der Waals surface area contributed by atoms with Gasteiger partial charge in [0.15, 0.2) is 0 Å². The molecule has 0 aromatic heterocycles. The third kappa shape index (κ3) is 2.06. The maximum Gasteiger partial charge on any atom is 0.405 e. The van der Waals surface area contributed by atoms with Crippen molar-refractivity contribution in [2.24, 2.45) is 0 Å². The second kappa shape index (κ2) is 3.10. The van der Waals surface area contributed by atoms with E-state index in [4.69, 9.17) is 5.11 Å². The van der Waals surface area contributed by atoms with Crippen LogP contribution in [0, 0.1) is 0 Å². The number of rotatable bonds is 1. The van der Waals surface area contributed by atoms with E-state index >= 15 is 0 Å². The molecule has 1 saturated carbocycles. The van der Waals surface area contributed by atoms with Crippen molar-refractivity contribution in [3.8, 4) is 0 Å². The van der Waals surface area contributed by atoms with E-state index in [1.165, 1.54) is 0 Å². The summed E-state index contributed by atoms with van der Waals surface area (Å²) < 4.78 is 0. The molecule has 0 heterocycles. The van der Waals surface area contributed by atoms with Crippen molar-refractivity contribution in [1.29, 1.82) is 0 Å². The minimum atomic E-state index is -0.905. The normalized spacial score (nSPS) is 20.1. The predicted molar refractivity (Wildman–Crippen MR) is 40.7 cm³/mol. The van der Waals surface area contributed by atoms with Crippen LogP contribution in [0.2, 0.25) is 0 Å². The zero-order valence-corrected chi connectivity index (χ0v) is 6.70. The summed E-state index contributed by atoms with van der Waals surface area (Å²) in [6, 6.07) is 0. The van der Waals surface area contributed by atoms with Gasteiger partial charge in [-0.15, -0.1) is 12.4 Å². The van der Waals surface area contributed by atoms with Crippen LogP contribution in [0.5, 0.6) is 0 Å². The van der Waals surface area contributed by atoms with E-state index in [0.717, 1.165) is 19.3 Å². The molecule has 0 radical (unpaired) electrons. The van der Waals surface area contributed by atoms with Gasteiger partial charge in [-0.2, -0.15) is 0 Å². The molecule has 0 aliphatic heterocycles. The van der Waals surface area contributed by atoms with Gasteiger partial charge in [0, 0.05) is 5.54 Å². The number of carbonyl (C=O) groups is 1. The molecule has 0 unspecified atom stereocenters. The molecule has 1 amide bonds. The van der Waals surface area contributed by atoms with E-state index in [2.05, 4.69) is 5.32 Å². The lowest BCUT2D eigenvalue weighted by atomic mass is 9.79. The summed E-state index contributed by atoms with van der Waals surface area (Å²) in [5.74, 6) is 0. The van der Waals surface area contributed by atoms with Gasteiger partial charge in [0.1, 0.15) is 0 Å². The minimum Gasteiger partial charge on any atom is -0.465 e. The van der Waals surface area contributed by atoms with Crippen LogP contribution < -0.4 is 5.32 Å². The van der Waals surface area contributed by atoms with Gasteiger partial charge in [-0.3, -0.25) is 0 Å².